The Balaban J connectivity index is 3.80. The van der Waals surface area contributed by atoms with Crippen LogP contribution in [-0.2, 0) is 8.85 Å². The maximum atomic E-state index is 5.65. The lowest BCUT2D eigenvalue weighted by molar-refractivity contribution is 0.211. The summed E-state index contributed by atoms with van der Waals surface area (Å²) in [6.07, 6.45) is 1.19. The summed E-state index contributed by atoms with van der Waals surface area (Å²) in [5, 5.41) is 0. The van der Waals surface area contributed by atoms with E-state index in [0.717, 1.165) is 19.0 Å². The first-order valence-corrected chi connectivity index (χ1v) is 8.63. The maximum Gasteiger partial charge on any atom is 0.402 e. The smallest absolute Gasteiger partial charge is 0.387 e. The second-order valence-electron chi connectivity index (χ2n) is 2.58. The van der Waals surface area contributed by atoms with Gasteiger partial charge in [-0.3, -0.25) is 0 Å². The lowest BCUT2D eigenvalue weighted by atomic mass is 10.6. The molecule has 0 aromatic rings. The van der Waals surface area contributed by atoms with Crippen LogP contribution in [0.15, 0.2) is 0 Å². The van der Waals surface area contributed by atoms with Crippen molar-refractivity contribution < 1.29 is 8.85 Å². The van der Waals surface area contributed by atoms with Crippen molar-refractivity contribution in [1.29, 1.82) is 0 Å². The molecule has 0 atom stereocenters. The van der Waals surface area contributed by atoms with Gasteiger partial charge in [-0.05, 0) is 32.6 Å². The molecule has 4 heteroatoms. The Morgan fingerprint density at radius 3 is 1.92 bits per heavy atom. The van der Waals surface area contributed by atoms with E-state index in [9.17, 15) is 0 Å². The summed E-state index contributed by atoms with van der Waals surface area (Å²) in [7, 11) is -1.85. The summed E-state index contributed by atoms with van der Waals surface area (Å²) >= 11 is 1.87. The third-order valence-electron chi connectivity index (χ3n) is 1.38. The molecule has 0 rings (SSSR count). The molecular formula is C8H20O2SSi. The minimum atomic E-state index is -1.85. The van der Waals surface area contributed by atoms with Gasteiger partial charge in [-0.15, -0.1) is 11.2 Å². The summed E-state index contributed by atoms with van der Waals surface area (Å²) in [6.45, 7) is 9.88. The zero-order chi connectivity index (χ0) is 9.45. The van der Waals surface area contributed by atoms with Crippen LogP contribution in [0.5, 0.6) is 0 Å². The predicted octanol–water partition coefficient (Wildman–Crippen LogP) is 2.77. The highest BCUT2D eigenvalue weighted by atomic mass is 32.4. The normalized spacial score (nSPS) is 12.0. The van der Waals surface area contributed by atoms with Gasteiger partial charge in [0.15, 0.2) is 0 Å². The van der Waals surface area contributed by atoms with Gasteiger partial charge in [0.05, 0.1) is 0 Å². The molecule has 0 bridgehead atoms. The standard InChI is InChI=1S/C8H20O2SSi/c1-5-8-11-12(4,9-6-2)10-7-3/h5-8H2,1-4H3. The van der Waals surface area contributed by atoms with Crippen molar-refractivity contribution in [2.45, 2.75) is 33.7 Å². The first kappa shape index (κ1) is 12.5. The number of hydrogen-bond donors (Lipinski definition) is 0. The van der Waals surface area contributed by atoms with Crippen molar-refractivity contribution in [2.75, 3.05) is 19.0 Å². The van der Waals surface area contributed by atoms with Crippen molar-refractivity contribution in [2.24, 2.45) is 0 Å². The Morgan fingerprint density at radius 2 is 1.58 bits per heavy atom. The highest BCUT2D eigenvalue weighted by Gasteiger charge is 2.31. The third-order valence-corrected chi connectivity index (χ3v) is 7.04. The molecule has 0 amide bonds. The first-order chi connectivity index (χ1) is 5.68. The number of hydrogen-bond acceptors (Lipinski definition) is 3. The molecule has 0 aromatic heterocycles. The fraction of sp³-hybridized carbons (Fsp3) is 1.00. The van der Waals surface area contributed by atoms with Crippen LogP contribution in [0.2, 0.25) is 6.55 Å². The van der Waals surface area contributed by atoms with Gasteiger partial charge in [0.25, 0.3) is 0 Å². The summed E-state index contributed by atoms with van der Waals surface area (Å²) in [5.74, 6) is 1.14. The van der Waals surface area contributed by atoms with E-state index in [0.29, 0.717) is 0 Å². The largest absolute Gasteiger partial charge is 0.402 e. The second-order valence-corrected chi connectivity index (χ2v) is 8.67. The maximum absolute atomic E-state index is 5.65. The van der Waals surface area contributed by atoms with E-state index >= 15 is 0 Å². The molecule has 0 fully saturated rings. The minimum Gasteiger partial charge on any atom is -0.387 e. The van der Waals surface area contributed by atoms with Gasteiger partial charge < -0.3 is 8.85 Å². The Morgan fingerprint density at radius 1 is 1.08 bits per heavy atom. The monoisotopic (exact) mass is 208 g/mol. The van der Waals surface area contributed by atoms with Gasteiger partial charge in [0, 0.05) is 13.2 Å². The lowest BCUT2D eigenvalue weighted by Crippen LogP contribution is -2.35. The van der Waals surface area contributed by atoms with Crippen molar-refractivity contribution in [3.8, 4) is 0 Å². The van der Waals surface area contributed by atoms with Crippen molar-refractivity contribution in [1.82, 2.24) is 0 Å². The molecule has 2 nitrogen and oxygen atoms in total. The SMILES string of the molecule is CCCS[Si](C)(OCC)OCC. The van der Waals surface area contributed by atoms with E-state index in [1.165, 1.54) is 6.42 Å². The Kier molecular flexibility index (Phi) is 7.23. The molecule has 0 aliphatic carbocycles. The zero-order valence-electron chi connectivity index (χ0n) is 8.55. The van der Waals surface area contributed by atoms with Crippen LogP contribution >= 0.6 is 11.2 Å². The molecule has 12 heavy (non-hydrogen) atoms. The van der Waals surface area contributed by atoms with Gasteiger partial charge in [-0.2, -0.15) is 0 Å². The summed E-state index contributed by atoms with van der Waals surface area (Å²) in [5.41, 5.74) is 0. The van der Waals surface area contributed by atoms with E-state index in [2.05, 4.69) is 13.5 Å². The zero-order valence-corrected chi connectivity index (χ0v) is 10.4. The van der Waals surface area contributed by atoms with Gasteiger partial charge in [-0.1, -0.05) is 6.92 Å². The second kappa shape index (κ2) is 6.94. The van der Waals surface area contributed by atoms with Crippen LogP contribution in [0.4, 0.5) is 0 Å². The van der Waals surface area contributed by atoms with Crippen LogP contribution in [0.1, 0.15) is 27.2 Å². The predicted molar refractivity (Wildman–Crippen MR) is 57.6 cm³/mol. The Labute approximate surface area is 80.9 Å². The fourth-order valence-electron chi connectivity index (χ4n) is 0.937. The molecule has 0 saturated carbocycles. The van der Waals surface area contributed by atoms with E-state index in [-0.39, 0.29) is 0 Å². The molecule has 0 radical (unpaired) electrons. The average Bonchev–Trinajstić information content (AvgIpc) is 2.02. The molecule has 74 valence electrons. The Bertz CT molecular complexity index is 105. The van der Waals surface area contributed by atoms with E-state index in [4.69, 9.17) is 8.85 Å². The summed E-state index contributed by atoms with van der Waals surface area (Å²) < 4.78 is 11.3. The molecule has 0 saturated heterocycles. The van der Waals surface area contributed by atoms with Gasteiger partial charge in [0.2, 0.25) is 0 Å². The highest BCUT2D eigenvalue weighted by molar-refractivity contribution is 8.27. The molecule has 0 aliphatic rings. The molecular weight excluding hydrogens is 188 g/mol. The van der Waals surface area contributed by atoms with Gasteiger partial charge in [-0.25, -0.2) is 0 Å². The van der Waals surface area contributed by atoms with Gasteiger partial charge in [0.1, 0.15) is 0 Å². The molecule has 0 unspecified atom stereocenters. The van der Waals surface area contributed by atoms with Crippen LogP contribution in [0, 0.1) is 0 Å². The molecule has 0 aromatic carbocycles. The van der Waals surface area contributed by atoms with Crippen molar-refractivity contribution >= 4 is 18.9 Å². The minimum absolute atomic E-state index is 0.763. The van der Waals surface area contributed by atoms with Crippen LogP contribution in [-0.4, -0.2) is 26.7 Å². The molecule has 0 spiro atoms. The molecule has 0 heterocycles. The molecule has 0 N–H and O–H groups in total. The van der Waals surface area contributed by atoms with Gasteiger partial charge >= 0.3 is 7.71 Å². The number of rotatable bonds is 7. The third kappa shape index (κ3) is 5.19. The fourth-order valence-corrected chi connectivity index (χ4v) is 5.74. The highest BCUT2D eigenvalue weighted by Crippen LogP contribution is 2.23. The summed E-state index contributed by atoms with van der Waals surface area (Å²) in [6, 6.07) is 0. The Hall–Kier alpha value is 0.487. The summed E-state index contributed by atoms with van der Waals surface area (Å²) in [4.78, 5) is 0. The van der Waals surface area contributed by atoms with Crippen LogP contribution < -0.4 is 0 Å². The quantitative estimate of drug-likeness (QED) is 0.599. The topological polar surface area (TPSA) is 18.5 Å². The van der Waals surface area contributed by atoms with Crippen LogP contribution in [0.3, 0.4) is 0 Å². The van der Waals surface area contributed by atoms with E-state index in [1.54, 1.807) is 0 Å². The molecule has 0 aliphatic heterocycles. The van der Waals surface area contributed by atoms with Crippen LogP contribution in [0.25, 0.3) is 0 Å². The van der Waals surface area contributed by atoms with Crippen molar-refractivity contribution in [3.05, 3.63) is 0 Å². The first-order valence-electron chi connectivity index (χ1n) is 4.60. The van der Waals surface area contributed by atoms with Crippen molar-refractivity contribution in [3.63, 3.8) is 0 Å². The average molecular weight is 208 g/mol. The van der Waals surface area contributed by atoms with E-state index < -0.39 is 7.71 Å². The van der Waals surface area contributed by atoms with E-state index in [1.807, 2.05) is 25.1 Å². The lowest BCUT2D eigenvalue weighted by Gasteiger charge is -2.24.